The molecule has 2 atom stereocenters. The van der Waals surface area contributed by atoms with Gasteiger partial charge in [0.1, 0.15) is 16.5 Å². The zero-order chi connectivity index (χ0) is 21.7. The molecule has 1 amide bonds. The topological polar surface area (TPSA) is 84.5 Å². The highest BCUT2D eigenvalue weighted by Gasteiger charge is 2.29. The molecular weight excluding hydrogens is 407 g/mol. The predicted molar refractivity (Wildman–Crippen MR) is 114 cm³/mol. The van der Waals surface area contributed by atoms with E-state index in [4.69, 9.17) is 4.74 Å². The average Bonchev–Trinajstić information content (AvgIpc) is 2.71. The van der Waals surface area contributed by atoms with Crippen LogP contribution < -0.4 is 14.8 Å². The van der Waals surface area contributed by atoms with Crippen molar-refractivity contribution in [1.29, 1.82) is 0 Å². The summed E-state index contributed by atoms with van der Waals surface area (Å²) in [6.07, 6.45) is 3.65. The third-order valence-electron chi connectivity index (χ3n) is 5.32. The number of anilines is 1. The summed E-state index contributed by atoms with van der Waals surface area (Å²) in [5, 5.41) is 2.68. The summed E-state index contributed by atoms with van der Waals surface area (Å²) < 4.78 is 47.9. The van der Waals surface area contributed by atoms with Crippen molar-refractivity contribution in [2.75, 3.05) is 11.9 Å². The minimum atomic E-state index is -4.09. The van der Waals surface area contributed by atoms with Crippen molar-refractivity contribution in [3.63, 3.8) is 0 Å². The summed E-state index contributed by atoms with van der Waals surface area (Å²) in [4.78, 5) is 12.1. The van der Waals surface area contributed by atoms with Gasteiger partial charge in [-0.3, -0.25) is 4.79 Å². The molecule has 0 saturated heterocycles. The van der Waals surface area contributed by atoms with Gasteiger partial charge in [-0.05, 0) is 68.1 Å². The van der Waals surface area contributed by atoms with Crippen LogP contribution in [-0.2, 0) is 10.0 Å². The number of nitrogens with one attached hydrogen (secondary N) is 2. The third-order valence-corrected chi connectivity index (χ3v) is 6.83. The number of carbonyl (C=O) groups excluding carboxylic acids is 1. The van der Waals surface area contributed by atoms with Crippen LogP contribution in [0.1, 0.15) is 49.9 Å². The van der Waals surface area contributed by atoms with Gasteiger partial charge in [-0.2, -0.15) is 0 Å². The Morgan fingerprint density at radius 2 is 1.83 bits per heavy atom. The van der Waals surface area contributed by atoms with E-state index in [-0.39, 0.29) is 17.5 Å². The van der Waals surface area contributed by atoms with Crippen LogP contribution in [0.2, 0.25) is 0 Å². The molecular formula is C22H27FN2O4S. The first-order valence-corrected chi connectivity index (χ1v) is 11.6. The Kier molecular flexibility index (Phi) is 7.10. The van der Waals surface area contributed by atoms with Crippen molar-refractivity contribution in [1.82, 2.24) is 4.72 Å². The lowest BCUT2D eigenvalue weighted by Crippen LogP contribution is -2.41. The molecule has 1 saturated carbocycles. The van der Waals surface area contributed by atoms with Gasteiger partial charge in [-0.15, -0.1) is 0 Å². The van der Waals surface area contributed by atoms with Crippen LogP contribution in [0.4, 0.5) is 10.1 Å². The number of sulfonamides is 1. The molecule has 0 aliphatic heterocycles. The van der Waals surface area contributed by atoms with Crippen LogP contribution in [0.5, 0.6) is 5.75 Å². The van der Waals surface area contributed by atoms with Crippen LogP contribution in [0.25, 0.3) is 0 Å². The van der Waals surface area contributed by atoms with E-state index in [1.54, 1.807) is 24.3 Å². The minimum Gasteiger partial charge on any atom is -0.494 e. The second-order valence-corrected chi connectivity index (χ2v) is 9.23. The number of ether oxygens (including phenoxy) is 1. The molecule has 0 heterocycles. The highest BCUT2D eigenvalue weighted by atomic mass is 32.2. The Labute approximate surface area is 176 Å². The van der Waals surface area contributed by atoms with Crippen LogP contribution in [0.15, 0.2) is 47.4 Å². The summed E-state index contributed by atoms with van der Waals surface area (Å²) in [6, 6.07) is 9.91. The monoisotopic (exact) mass is 434 g/mol. The number of hydrogen-bond acceptors (Lipinski definition) is 4. The zero-order valence-electron chi connectivity index (χ0n) is 17.2. The fraction of sp³-hybridized carbons (Fsp3) is 0.409. The molecule has 8 heteroatoms. The lowest BCUT2D eigenvalue weighted by atomic mass is 9.87. The van der Waals surface area contributed by atoms with E-state index in [9.17, 15) is 17.6 Å². The fourth-order valence-corrected chi connectivity index (χ4v) is 5.09. The largest absolute Gasteiger partial charge is 0.494 e. The van der Waals surface area contributed by atoms with Gasteiger partial charge in [-0.1, -0.05) is 19.8 Å². The van der Waals surface area contributed by atoms with Crippen molar-refractivity contribution in [2.24, 2.45) is 5.92 Å². The van der Waals surface area contributed by atoms with Crippen LogP contribution >= 0.6 is 0 Å². The first-order chi connectivity index (χ1) is 14.3. The number of halogens is 1. The fourth-order valence-electron chi connectivity index (χ4n) is 3.61. The molecule has 1 aliphatic rings. The first kappa shape index (κ1) is 22.2. The molecule has 2 aromatic rings. The van der Waals surface area contributed by atoms with Crippen LogP contribution in [-0.4, -0.2) is 27.0 Å². The van der Waals surface area contributed by atoms with Gasteiger partial charge in [0.05, 0.1) is 6.61 Å². The standard InChI is InChI=1S/C22H27FN2O4S/c1-3-29-18-11-9-17(10-12-18)24-22(26)16-8-13-19(23)21(14-16)30(27,28)25-20-7-5-4-6-15(20)2/h8-15,20,25H,3-7H2,1-2H3,(H,24,26). The molecule has 162 valence electrons. The van der Waals surface area contributed by atoms with E-state index >= 15 is 0 Å². The Balaban J connectivity index is 1.77. The van der Waals surface area contributed by atoms with Gasteiger partial charge in [0, 0.05) is 17.3 Å². The second-order valence-electron chi connectivity index (χ2n) is 7.55. The van der Waals surface area contributed by atoms with Crippen molar-refractivity contribution in [2.45, 2.75) is 50.5 Å². The summed E-state index contributed by atoms with van der Waals surface area (Å²) in [7, 11) is -4.09. The minimum absolute atomic E-state index is 0.0577. The van der Waals surface area contributed by atoms with Gasteiger partial charge >= 0.3 is 0 Å². The van der Waals surface area contributed by atoms with E-state index in [1.807, 2.05) is 13.8 Å². The molecule has 0 bridgehead atoms. The Morgan fingerprint density at radius 1 is 1.13 bits per heavy atom. The molecule has 0 aromatic heterocycles. The lowest BCUT2D eigenvalue weighted by Gasteiger charge is -2.29. The van der Waals surface area contributed by atoms with E-state index in [0.29, 0.717) is 18.0 Å². The number of carbonyl (C=O) groups is 1. The molecule has 0 spiro atoms. The van der Waals surface area contributed by atoms with Crippen LogP contribution in [0.3, 0.4) is 0 Å². The lowest BCUT2D eigenvalue weighted by molar-refractivity contribution is 0.102. The third kappa shape index (κ3) is 5.37. The SMILES string of the molecule is CCOc1ccc(NC(=O)c2ccc(F)c(S(=O)(=O)NC3CCCCC3C)c2)cc1. The van der Waals surface area contributed by atoms with Crippen molar-refractivity contribution >= 4 is 21.6 Å². The maximum atomic E-state index is 14.4. The van der Waals surface area contributed by atoms with E-state index < -0.39 is 26.6 Å². The number of benzene rings is 2. The Bertz CT molecular complexity index is 993. The number of rotatable bonds is 7. The molecule has 2 N–H and O–H groups in total. The summed E-state index contributed by atoms with van der Waals surface area (Å²) >= 11 is 0. The number of amides is 1. The van der Waals surface area contributed by atoms with Gasteiger partial charge in [0.25, 0.3) is 5.91 Å². The molecule has 2 aromatic carbocycles. The summed E-state index contributed by atoms with van der Waals surface area (Å²) in [5.74, 6) is -0.554. The molecule has 1 aliphatic carbocycles. The molecule has 3 rings (SSSR count). The normalized spacial score (nSPS) is 19.3. The Hall–Kier alpha value is -2.45. The zero-order valence-corrected chi connectivity index (χ0v) is 18.0. The highest BCUT2D eigenvalue weighted by molar-refractivity contribution is 7.89. The highest BCUT2D eigenvalue weighted by Crippen LogP contribution is 2.26. The van der Waals surface area contributed by atoms with Gasteiger partial charge in [0.2, 0.25) is 10.0 Å². The average molecular weight is 435 g/mol. The van der Waals surface area contributed by atoms with Gasteiger partial charge < -0.3 is 10.1 Å². The smallest absolute Gasteiger partial charge is 0.255 e. The molecule has 1 fully saturated rings. The predicted octanol–water partition coefficient (Wildman–Crippen LogP) is 4.33. The maximum absolute atomic E-state index is 14.4. The molecule has 6 nitrogen and oxygen atoms in total. The molecule has 30 heavy (non-hydrogen) atoms. The Morgan fingerprint density at radius 3 is 2.50 bits per heavy atom. The van der Waals surface area contributed by atoms with Crippen molar-refractivity contribution < 1.29 is 22.3 Å². The number of hydrogen-bond donors (Lipinski definition) is 2. The van der Waals surface area contributed by atoms with Gasteiger partial charge in [-0.25, -0.2) is 17.5 Å². The van der Waals surface area contributed by atoms with Crippen molar-refractivity contribution in [3.05, 3.63) is 53.8 Å². The molecule has 2 unspecified atom stereocenters. The van der Waals surface area contributed by atoms with E-state index in [1.165, 1.54) is 6.07 Å². The summed E-state index contributed by atoms with van der Waals surface area (Å²) in [5.41, 5.74) is 0.577. The van der Waals surface area contributed by atoms with Crippen LogP contribution in [0, 0.1) is 11.7 Å². The quantitative estimate of drug-likeness (QED) is 0.679. The van der Waals surface area contributed by atoms with E-state index in [2.05, 4.69) is 10.0 Å². The first-order valence-electron chi connectivity index (χ1n) is 10.2. The van der Waals surface area contributed by atoms with Gasteiger partial charge in [0.15, 0.2) is 0 Å². The summed E-state index contributed by atoms with van der Waals surface area (Å²) in [6.45, 7) is 4.40. The maximum Gasteiger partial charge on any atom is 0.255 e. The second kappa shape index (κ2) is 9.57. The van der Waals surface area contributed by atoms with Crippen molar-refractivity contribution in [3.8, 4) is 5.75 Å². The molecule has 0 radical (unpaired) electrons. The van der Waals surface area contributed by atoms with E-state index in [0.717, 1.165) is 37.8 Å².